The number of Topliss-reactive ketones (excluding diaryl/α,β-unsaturated/α-hetero) is 2. The number of aliphatic hydroxyl groups is 3. The molecule has 0 radical (unpaired) electrons. The first-order valence-electron chi connectivity index (χ1n) is 10.8. The van der Waals surface area contributed by atoms with Crippen LogP contribution in [0.15, 0.2) is 28.7 Å². The first kappa shape index (κ1) is 23.5. The number of phenols is 1. The number of rotatable bonds is 4. The fourth-order valence-electron chi connectivity index (χ4n) is 5.82. The van der Waals surface area contributed by atoms with Gasteiger partial charge in [0.15, 0.2) is 17.7 Å². The number of methoxy groups -OCH3 is 1. The number of benzene rings is 1. The molecule has 1 unspecified atom stereocenters. The van der Waals surface area contributed by atoms with Crippen LogP contribution in [0.2, 0.25) is 0 Å². The van der Waals surface area contributed by atoms with Crippen molar-refractivity contribution in [2.75, 3.05) is 7.11 Å². The van der Waals surface area contributed by atoms with Gasteiger partial charge in [0.2, 0.25) is 5.78 Å². The normalized spacial score (nSPS) is 28.4. The predicted octanol–water partition coefficient (Wildman–Crippen LogP) is 1.28. The smallest absolute Gasteiger partial charge is 0.255 e. The van der Waals surface area contributed by atoms with E-state index >= 15 is 0 Å². The lowest BCUT2D eigenvalue weighted by atomic mass is 9.55. The number of ketones is 2. The molecule has 0 saturated carbocycles. The molecule has 1 amide bonds. The number of aromatic hydroxyl groups is 1. The molecule has 0 heterocycles. The van der Waals surface area contributed by atoms with Crippen molar-refractivity contribution in [2.45, 2.75) is 32.3 Å². The molecule has 3 aliphatic rings. The molecular formula is C24H25NO9. The molecule has 0 bridgehead atoms. The number of hydrogen-bond acceptors (Lipinski definition) is 9. The van der Waals surface area contributed by atoms with E-state index in [0.29, 0.717) is 11.8 Å². The number of carbonyl (C=O) groups excluding carboxylic acids is 4. The summed E-state index contributed by atoms with van der Waals surface area (Å²) in [6.45, 7) is 3.44. The number of hydrogen-bond donors (Lipinski definition) is 5. The SMILES string of the molecule is COc1cc(C=O)c(O)c2c1C[C@H]1C[C@H]3C(C(C)C)C(O)=C(C(N)=O)C(=O)[C@@]3(O)C(O)=C1C2=O. The third kappa shape index (κ3) is 2.84. The number of amides is 1. The summed E-state index contributed by atoms with van der Waals surface area (Å²) in [4.78, 5) is 50.1. The second kappa shape index (κ2) is 7.69. The molecule has 6 N–H and O–H groups in total. The maximum absolute atomic E-state index is 13.5. The largest absolute Gasteiger partial charge is 0.511 e. The van der Waals surface area contributed by atoms with Gasteiger partial charge in [-0.25, -0.2) is 0 Å². The van der Waals surface area contributed by atoms with Crippen molar-refractivity contribution in [2.24, 2.45) is 29.4 Å². The highest BCUT2D eigenvalue weighted by molar-refractivity contribution is 6.24. The molecule has 0 spiro atoms. The summed E-state index contributed by atoms with van der Waals surface area (Å²) in [6, 6.07) is 1.30. The summed E-state index contributed by atoms with van der Waals surface area (Å²) in [5, 5.41) is 44.1. The van der Waals surface area contributed by atoms with Gasteiger partial charge in [0.05, 0.1) is 18.2 Å². The average Bonchev–Trinajstić information content (AvgIpc) is 2.76. The van der Waals surface area contributed by atoms with Crippen LogP contribution in [0.25, 0.3) is 0 Å². The maximum atomic E-state index is 13.5. The predicted molar refractivity (Wildman–Crippen MR) is 116 cm³/mol. The van der Waals surface area contributed by atoms with Gasteiger partial charge < -0.3 is 30.9 Å². The number of nitrogens with two attached hydrogens (primary N) is 1. The molecule has 180 valence electrons. The molecule has 34 heavy (non-hydrogen) atoms. The second-order valence-electron chi connectivity index (χ2n) is 9.31. The van der Waals surface area contributed by atoms with Gasteiger partial charge in [-0.3, -0.25) is 19.2 Å². The van der Waals surface area contributed by atoms with Gasteiger partial charge >= 0.3 is 0 Å². The Kier molecular flexibility index (Phi) is 5.32. The molecular weight excluding hydrogens is 446 g/mol. The first-order valence-corrected chi connectivity index (χ1v) is 10.8. The average molecular weight is 471 g/mol. The minimum atomic E-state index is -2.67. The van der Waals surface area contributed by atoms with Crippen LogP contribution in [0.4, 0.5) is 0 Å². The van der Waals surface area contributed by atoms with E-state index in [2.05, 4.69) is 0 Å². The lowest BCUT2D eigenvalue weighted by Crippen LogP contribution is -2.60. The third-order valence-electron chi connectivity index (χ3n) is 7.31. The lowest BCUT2D eigenvalue weighted by Gasteiger charge is -2.49. The molecule has 10 heteroatoms. The molecule has 0 aliphatic heterocycles. The molecule has 10 nitrogen and oxygen atoms in total. The fourth-order valence-corrected chi connectivity index (χ4v) is 5.82. The van der Waals surface area contributed by atoms with Crippen LogP contribution in [-0.4, -0.2) is 56.9 Å². The number of allylic oxidation sites excluding steroid dienone is 2. The molecule has 4 rings (SSSR count). The van der Waals surface area contributed by atoms with E-state index in [1.54, 1.807) is 13.8 Å². The van der Waals surface area contributed by atoms with Crippen molar-refractivity contribution < 1.29 is 44.3 Å². The summed E-state index contributed by atoms with van der Waals surface area (Å²) in [5.74, 6) is -8.35. The zero-order chi connectivity index (χ0) is 25.3. The molecule has 1 aromatic rings. The summed E-state index contributed by atoms with van der Waals surface area (Å²) < 4.78 is 5.32. The number of aldehydes is 1. The minimum absolute atomic E-state index is 0.00507. The van der Waals surface area contributed by atoms with Crippen molar-refractivity contribution in [3.05, 3.63) is 45.4 Å². The number of ether oxygens (including phenoxy) is 1. The highest BCUT2D eigenvalue weighted by Gasteiger charge is 2.63. The zero-order valence-corrected chi connectivity index (χ0v) is 18.8. The Labute approximate surface area is 194 Å². The Balaban J connectivity index is 2.00. The Morgan fingerprint density at radius 2 is 1.91 bits per heavy atom. The van der Waals surface area contributed by atoms with E-state index in [4.69, 9.17) is 10.5 Å². The monoisotopic (exact) mass is 471 g/mol. The van der Waals surface area contributed by atoms with E-state index in [9.17, 15) is 39.6 Å². The highest BCUT2D eigenvalue weighted by Crippen LogP contribution is 2.55. The number of fused-ring (bicyclic) bond motifs is 3. The van der Waals surface area contributed by atoms with Gasteiger partial charge in [0, 0.05) is 23.0 Å². The van der Waals surface area contributed by atoms with E-state index in [1.807, 2.05) is 0 Å². The molecule has 0 aromatic heterocycles. The molecule has 4 atom stereocenters. The quantitative estimate of drug-likeness (QED) is 0.319. The number of aliphatic hydroxyl groups excluding tert-OH is 2. The molecule has 1 aromatic carbocycles. The van der Waals surface area contributed by atoms with Crippen LogP contribution in [0.3, 0.4) is 0 Å². The van der Waals surface area contributed by atoms with Crippen LogP contribution in [0.1, 0.15) is 46.5 Å². The minimum Gasteiger partial charge on any atom is -0.511 e. The van der Waals surface area contributed by atoms with Gasteiger partial charge in [-0.05, 0) is 30.7 Å². The number of carbonyl (C=O) groups is 4. The highest BCUT2D eigenvalue weighted by atomic mass is 16.5. The van der Waals surface area contributed by atoms with E-state index in [1.165, 1.54) is 13.2 Å². The summed E-state index contributed by atoms with van der Waals surface area (Å²) >= 11 is 0. The Morgan fingerprint density at radius 1 is 1.26 bits per heavy atom. The summed E-state index contributed by atoms with van der Waals surface area (Å²) in [6.07, 6.45) is 0.445. The summed E-state index contributed by atoms with van der Waals surface area (Å²) in [5.41, 5.74) is 1.37. The van der Waals surface area contributed by atoms with Crippen molar-refractivity contribution in [3.63, 3.8) is 0 Å². The first-order chi connectivity index (χ1) is 15.9. The maximum Gasteiger partial charge on any atom is 0.255 e. The van der Waals surface area contributed by atoms with Crippen LogP contribution >= 0.6 is 0 Å². The fraction of sp³-hybridized carbons (Fsp3) is 0.417. The van der Waals surface area contributed by atoms with Gasteiger partial charge in [-0.15, -0.1) is 0 Å². The van der Waals surface area contributed by atoms with Crippen LogP contribution in [0.5, 0.6) is 11.5 Å². The molecule has 0 saturated heterocycles. The number of phenolic OH excluding ortho intramolecular Hbond substituents is 1. The second-order valence-corrected chi connectivity index (χ2v) is 9.31. The van der Waals surface area contributed by atoms with Crippen LogP contribution in [0, 0.1) is 23.7 Å². The van der Waals surface area contributed by atoms with Gasteiger partial charge in [0.25, 0.3) is 5.91 Å². The third-order valence-corrected chi connectivity index (χ3v) is 7.31. The Bertz CT molecular complexity index is 1230. The van der Waals surface area contributed by atoms with Crippen molar-refractivity contribution in [1.29, 1.82) is 0 Å². The van der Waals surface area contributed by atoms with Gasteiger partial charge in [0.1, 0.15) is 28.6 Å². The zero-order valence-electron chi connectivity index (χ0n) is 18.8. The summed E-state index contributed by atoms with van der Waals surface area (Å²) in [7, 11) is 1.34. The van der Waals surface area contributed by atoms with Crippen LogP contribution < -0.4 is 10.5 Å². The standard InChI is InChI=1S/C24H25NO9/c1-8(2)14-12-5-9-4-11-13(34-3)6-10(7-26)18(27)16(11)20(29)15(9)21(30)24(12,33)22(31)17(19(14)28)23(25)32/h6-9,12,14,27-28,30,33H,4-5H2,1-3H3,(H2,25,32)/t9-,12-,14?,24-/m0/s1. The topological polar surface area (TPSA) is 184 Å². The van der Waals surface area contributed by atoms with E-state index in [0.717, 1.165) is 0 Å². The van der Waals surface area contributed by atoms with Crippen molar-refractivity contribution >= 4 is 23.8 Å². The van der Waals surface area contributed by atoms with Gasteiger partial charge in [-0.2, -0.15) is 0 Å². The van der Waals surface area contributed by atoms with Crippen molar-refractivity contribution in [3.8, 4) is 11.5 Å². The lowest BCUT2D eigenvalue weighted by molar-refractivity contribution is -0.149. The van der Waals surface area contributed by atoms with Crippen LogP contribution in [-0.2, 0) is 16.0 Å². The van der Waals surface area contributed by atoms with E-state index < -0.39 is 63.7 Å². The Hall–Kier alpha value is -3.66. The number of primary amides is 1. The van der Waals surface area contributed by atoms with Crippen molar-refractivity contribution in [1.82, 2.24) is 0 Å². The van der Waals surface area contributed by atoms with Gasteiger partial charge in [-0.1, -0.05) is 13.8 Å². The Morgan fingerprint density at radius 3 is 2.44 bits per heavy atom. The molecule has 0 fully saturated rings. The van der Waals surface area contributed by atoms with E-state index in [-0.39, 0.29) is 41.2 Å². The molecule has 3 aliphatic carbocycles.